The van der Waals surface area contributed by atoms with E-state index in [1.165, 1.54) is 12.8 Å². The van der Waals surface area contributed by atoms with E-state index in [9.17, 15) is 9.90 Å². The van der Waals surface area contributed by atoms with Gasteiger partial charge in [-0.15, -0.1) is 0 Å². The van der Waals surface area contributed by atoms with Crippen LogP contribution in [-0.2, 0) is 0 Å². The van der Waals surface area contributed by atoms with Gasteiger partial charge < -0.3 is 30.1 Å². The predicted octanol–water partition coefficient (Wildman–Crippen LogP) is 2.14. The third-order valence-electron chi connectivity index (χ3n) is 6.12. The molecule has 2 aliphatic carbocycles. The van der Waals surface area contributed by atoms with Crippen molar-refractivity contribution < 1.29 is 19.4 Å². The highest BCUT2D eigenvalue weighted by Gasteiger charge is 2.31. The zero-order valence-electron chi connectivity index (χ0n) is 17.0. The molecule has 0 bridgehead atoms. The van der Waals surface area contributed by atoms with Crippen molar-refractivity contribution in [3.05, 3.63) is 24.3 Å². The van der Waals surface area contributed by atoms with Crippen LogP contribution in [0.1, 0.15) is 38.5 Å². The molecule has 2 amide bonds. The van der Waals surface area contributed by atoms with Crippen molar-refractivity contribution in [2.45, 2.75) is 56.7 Å². The Labute approximate surface area is 172 Å². The average molecular weight is 404 g/mol. The van der Waals surface area contributed by atoms with Gasteiger partial charge in [0.2, 0.25) is 0 Å². The monoisotopic (exact) mass is 403 g/mol. The number of nitrogens with zero attached hydrogens (tertiary/aromatic N) is 1. The summed E-state index contributed by atoms with van der Waals surface area (Å²) in [7, 11) is 0. The van der Waals surface area contributed by atoms with Crippen molar-refractivity contribution in [2.24, 2.45) is 5.92 Å². The molecular weight excluding hydrogens is 370 g/mol. The van der Waals surface area contributed by atoms with Crippen molar-refractivity contribution in [2.75, 3.05) is 32.8 Å². The first-order valence-corrected chi connectivity index (χ1v) is 11.0. The molecule has 0 spiro atoms. The molecule has 7 heteroatoms. The summed E-state index contributed by atoms with van der Waals surface area (Å²) in [6, 6.07) is 8.49. The molecule has 3 aliphatic rings. The van der Waals surface area contributed by atoms with Crippen LogP contribution in [0.2, 0.25) is 0 Å². The van der Waals surface area contributed by atoms with Crippen molar-refractivity contribution in [3.63, 3.8) is 0 Å². The van der Waals surface area contributed by atoms with Crippen LogP contribution < -0.4 is 20.1 Å². The zero-order valence-corrected chi connectivity index (χ0v) is 17.0. The standard InChI is InChI=1S/C22H33N3O4/c26-19(15-29-21-4-2-1-3-20(21)28-14-16-5-6-16)13-24-17-7-9-18(10-8-17)25-12-11-23-22(25)27/h1-4,16-19,24,26H,5-15H2,(H,23,27)/t17-,18+,19-/m0/s1. The Balaban J connectivity index is 1.14. The predicted molar refractivity (Wildman–Crippen MR) is 110 cm³/mol. The molecule has 0 unspecified atom stereocenters. The first-order valence-electron chi connectivity index (χ1n) is 11.0. The number of urea groups is 1. The minimum Gasteiger partial charge on any atom is -0.489 e. The second-order valence-electron chi connectivity index (χ2n) is 8.50. The second-order valence-corrected chi connectivity index (χ2v) is 8.50. The van der Waals surface area contributed by atoms with Gasteiger partial charge >= 0.3 is 6.03 Å². The number of carbonyl (C=O) groups excluding carboxylic acids is 1. The molecular formula is C22H33N3O4. The molecule has 3 fully saturated rings. The van der Waals surface area contributed by atoms with Gasteiger partial charge in [0.25, 0.3) is 0 Å². The summed E-state index contributed by atoms with van der Waals surface area (Å²) in [5, 5.41) is 16.7. The SMILES string of the molecule is O=C1NCCN1[C@H]1CC[C@@H](NC[C@H](O)COc2ccccc2OCC2CC2)CC1. The molecule has 1 atom stereocenters. The number of para-hydroxylation sites is 2. The molecule has 3 N–H and O–H groups in total. The van der Waals surface area contributed by atoms with E-state index in [2.05, 4.69) is 10.6 Å². The summed E-state index contributed by atoms with van der Waals surface area (Å²) in [4.78, 5) is 13.8. The number of rotatable bonds is 10. The molecule has 2 saturated carbocycles. The maximum absolute atomic E-state index is 11.8. The van der Waals surface area contributed by atoms with Gasteiger partial charge in [0.1, 0.15) is 12.7 Å². The lowest BCUT2D eigenvalue weighted by Crippen LogP contribution is -2.45. The van der Waals surface area contributed by atoms with E-state index in [-0.39, 0.29) is 12.6 Å². The quantitative estimate of drug-likeness (QED) is 0.558. The van der Waals surface area contributed by atoms with Crippen LogP contribution >= 0.6 is 0 Å². The van der Waals surface area contributed by atoms with Crippen molar-refractivity contribution in [1.82, 2.24) is 15.5 Å². The van der Waals surface area contributed by atoms with Crippen LogP contribution in [0.15, 0.2) is 24.3 Å². The van der Waals surface area contributed by atoms with Gasteiger partial charge in [-0.2, -0.15) is 0 Å². The van der Waals surface area contributed by atoms with Crippen molar-refractivity contribution in [1.29, 1.82) is 0 Å². The summed E-state index contributed by atoms with van der Waals surface area (Å²) >= 11 is 0. The highest BCUT2D eigenvalue weighted by Crippen LogP contribution is 2.32. The Bertz CT molecular complexity index is 674. The van der Waals surface area contributed by atoms with Crippen LogP contribution in [0.5, 0.6) is 11.5 Å². The normalized spacial score (nSPS) is 25.6. The molecule has 1 aromatic carbocycles. The van der Waals surface area contributed by atoms with Crippen LogP contribution in [0.4, 0.5) is 4.79 Å². The Morgan fingerprint density at radius 2 is 1.83 bits per heavy atom. The highest BCUT2D eigenvalue weighted by molar-refractivity contribution is 5.76. The number of aliphatic hydroxyl groups excluding tert-OH is 1. The van der Waals surface area contributed by atoms with Crippen LogP contribution in [0, 0.1) is 5.92 Å². The summed E-state index contributed by atoms with van der Waals surface area (Å²) in [5.74, 6) is 2.13. The highest BCUT2D eigenvalue weighted by atomic mass is 16.5. The minimum atomic E-state index is -0.575. The lowest BCUT2D eigenvalue weighted by Gasteiger charge is -2.34. The Hall–Kier alpha value is -1.99. The van der Waals surface area contributed by atoms with E-state index in [0.717, 1.165) is 51.1 Å². The third-order valence-corrected chi connectivity index (χ3v) is 6.12. The lowest BCUT2D eigenvalue weighted by atomic mass is 9.90. The number of benzene rings is 1. The van der Waals surface area contributed by atoms with Crippen LogP contribution in [0.3, 0.4) is 0 Å². The smallest absolute Gasteiger partial charge is 0.317 e. The first kappa shape index (κ1) is 20.3. The van der Waals surface area contributed by atoms with Gasteiger partial charge in [0.05, 0.1) is 6.61 Å². The zero-order chi connectivity index (χ0) is 20.1. The van der Waals surface area contributed by atoms with Crippen LogP contribution in [-0.4, -0.2) is 67.1 Å². The van der Waals surface area contributed by atoms with Gasteiger partial charge in [-0.1, -0.05) is 12.1 Å². The number of hydrogen-bond donors (Lipinski definition) is 3. The third kappa shape index (κ3) is 5.76. The summed E-state index contributed by atoms with van der Waals surface area (Å²) in [6.07, 6.45) is 6.02. The van der Waals surface area contributed by atoms with E-state index in [1.807, 2.05) is 29.2 Å². The maximum atomic E-state index is 11.8. The van der Waals surface area contributed by atoms with Crippen LogP contribution in [0.25, 0.3) is 0 Å². The number of ether oxygens (including phenoxy) is 2. The molecule has 1 aromatic rings. The van der Waals surface area contributed by atoms with E-state index in [0.29, 0.717) is 30.3 Å². The summed E-state index contributed by atoms with van der Waals surface area (Å²) < 4.78 is 11.7. The fourth-order valence-electron chi connectivity index (χ4n) is 4.15. The van der Waals surface area contributed by atoms with E-state index in [4.69, 9.17) is 9.47 Å². The minimum absolute atomic E-state index is 0.0790. The Kier molecular flexibility index (Phi) is 6.77. The van der Waals surface area contributed by atoms with Gasteiger partial charge in [0, 0.05) is 31.7 Å². The summed E-state index contributed by atoms with van der Waals surface area (Å²) in [5.41, 5.74) is 0. The van der Waals surface area contributed by atoms with E-state index in [1.54, 1.807) is 0 Å². The maximum Gasteiger partial charge on any atom is 0.317 e. The molecule has 0 radical (unpaired) electrons. The second kappa shape index (κ2) is 9.67. The average Bonchev–Trinajstić information content (AvgIpc) is 3.49. The largest absolute Gasteiger partial charge is 0.489 e. The van der Waals surface area contributed by atoms with Gasteiger partial charge in [0.15, 0.2) is 11.5 Å². The van der Waals surface area contributed by atoms with Gasteiger partial charge in [-0.3, -0.25) is 0 Å². The number of nitrogens with one attached hydrogen (secondary N) is 2. The Morgan fingerprint density at radius 1 is 1.10 bits per heavy atom. The fourth-order valence-corrected chi connectivity index (χ4v) is 4.15. The Morgan fingerprint density at radius 3 is 2.48 bits per heavy atom. The molecule has 7 nitrogen and oxygen atoms in total. The molecule has 160 valence electrons. The molecule has 0 aromatic heterocycles. The molecule has 1 saturated heterocycles. The topological polar surface area (TPSA) is 83.1 Å². The first-order chi connectivity index (χ1) is 14.2. The van der Waals surface area contributed by atoms with Gasteiger partial charge in [-0.05, 0) is 56.6 Å². The molecule has 1 heterocycles. The lowest BCUT2D eigenvalue weighted by molar-refractivity contribution is 0.0971. The molecule has 1 aliphatic heterocycles. The fraction of sp³-hybridized carbons (Fsp3) is 0.682. The number of amides is 2. The van der Waals surface area contributed by atoms with E-state index < -0.39 is 6.10 Å². The number of hydrogen-bond acceptors (Lipinski definition) is 5. The van der Waals surface area contributed by atoms with Crippen molar-refractivity contribution >= 4 is 6.03 Å². The summed E-state index contributed by atoms with van der Waals surface area (Å²) in [6.45, 7) is 3.07. The molecule has 4 rings (SSSR count). The van der Waals surface area contributed by atoms with Crippen molar-refractivity contribution in [3.8, 4) is 11.5 Å². The molecule has 29 heavy (non-hydrogen) atoms. The number of aliphatic hydroxyl groups is 1. The van der Waals surface area contributed by atoms with E-state index >= 15 is 0 Å². The van der Waals surface area contributed by atoms with Gasteiger partial charge in [-0.25, -0.2) is 4.79 Å². The number of carbonyl (C=O) groups is 1.